The van der Waals surface area contributed by atoms with E-state index >= 15 is 0 Å². The largest absolute Gasteiger partial charge is 0.394 e. The van der Waals surface area contributed by atoms with Gasteiger partial charge < -0.3 is 25.2 Å². The highest BCUT2D eigenvalue weighted by molar-refractivity contribution is 5.05. The Kier molecular flexibility index (Phi) is 3.25. The Morgan fingerprint density at radius 3 is 2.23 bits per heavy atom. The Hall–Kier alpha value is -0.640. The Morgan fingerprint density at radius 1 is 1.15 bits per heavy atom. The van der Waals surface area contributed by atoms with Gasteiger partial charge in [-0.1, -0.05) is 5.92 Å². The van der Waals surface area contributed by atoms with E-state index in [1.807, 2.05) is 0 Å². The minimum Gasteiger partial charge on any atom is -0.394 e. The molecular formula is C8H12O5. The summed E-state index contributed by atoms with van der Waals surface area (Å²) in [6.07, 6.45) is -0.941. The zero-order chi connectivity index (χ0) is 10.0. The van der Waals surface area contributed by atoms with Crippen LogP contribution in [0.5, 0.6) is 0 Å². The number of terminal acetylenes is 1. The van der Waals surface area contributed by atoms with Crippen molar-refractivity contribution in [3.63, 3.8) is 0 Å². The molecule has 0 radical (unpaired) electrons. The number of aliphatic hydroxyl groups excluding tert-OH is 4. The first kappa shape index (κ1) is 10.4. The van der Waals surface area contributed by atoms with Crippen molar-refractivity contribution in [3.05, 3.63) is 0 Å². The van der Waals surface area contributed by atoms with Gasteiger partial charge in [0.1, 0.15) is 30.5 Å². The number of ether oxygens (including phenoxy) is 1. The highest BCUT2D eigenvalue weighted by Gasteiger charge is 2.42. The molecule has 0 aliphatic carbocycles. The molecule has 1 heterocycles. The first-order valence-electron chi connectivity index (χ1n) is 3.88. The van der Waals surface area contributed by atoms with Gasteiger partial charge in [-0.15, -0.1) is 6.42 Å². The average molecular weight is 188 g/mol. The maximum Gasteiger partial charge on any atom is 0.146 e. The van der Waals surface area contributed by atoms with E-state index in [0.29, 0.717) is 0 Å². The summed E-state index contributed by atoms with van der Waals surface area (Å²) in [4.78, 5) is 0. The lowest BCUT2D eigenvalue weighted by Crippen LogP contribution is -2.58. The summed E-state index contributed by atoms with van der Waals surface area (Å²) >= 11 is 0. The van der Waals surface area contributed by atoms with Gasteiger partial charge in [-0.05, 0) is 0 Å². The van der Waals surface area contributed by atoms with Crippen molar-refractivity contribution in [3.8, 4) is 12.3 Å². The minimum atomic E-state index is -1.38. The molecule has 0 saturated carbocycles. The Morgan fingerprint density at radius 2 is 1.77 bits per heavy atom. The van der Waals surface area contributed by atoms with Crippen LogP contribution in [0.15, 0.2) is 0 Å². The second-order valence-corrected chi connectivity index (χ2v) is 2.92. The van der Waals surface area contributed by atoms with E-state index in [1.165, 1.54) is 0 Å². The molecule has 1 aliphatic heterocycles. The Bertz CT molecular complexity index is 209. The topological polar surface area (TPSA) is 90.2 Å². The summed E-state index contributed by atoms with van der Waals surface area (Å²) in [5.41, 5.74) is 0. The molecule has 0 amide bonds. The van der Waals surface area contributed by atoms with Crippen LogP contribution in [0.2, 0.25) is 0 Å². The Labute approximate surface area is 75.6 Å². The monoisotopic (exact) mass is 188 g/mol. The second kappa shape index (κ2) is 4.05. The molecule has 1 rings (SSSR count). The second-order valence-electron chi connectivity index (χ2n) is 2.92. The molecular weight excluding hydrogens is 176 g/mol. The van der Waals surface area contributed by atoms with Gasteiger partial charge in [0, 0.05) is 0 Å². The number of aliphatic hydroxyl groups is 4. The smallest absolute Gasteiger partial charge is 0.146 e. The van der Waals surface area contributed by atoms with Crippen LogP contribution in [0.25, 0.3) is 0 Å². The van der Waals surface area contributed by atoms with E-state index in [2.05, 4.69) is 5.92 Å². The third-order valence-corrected chi connectivity index (χ3v) is 2.06. The standard InChI is InChI=1S/C8H12O5/c1-2-4-6(10)8(12)7(11)5(3-9)13-4/h1,4-12H,3H2/t4?,5?,6-,7-,8?/m1/s1. The molecule has 5 atom stereocenters. The highest BCUT2D eigenvalue weighted by atomic mass is 16.5. The van der Waals surface area contributed by atoms with E-state index in [1.54, 1.807) is 0 Å². The van der Waals surface area contributed by atoms with Crippen LogP contribution in [0, 0.1) is 12.3 Å². The third-order valence-electron chi connectivity index (χ3n) is 2.06. The van der Waals surface area contributed by atoms with Crippen molar-refractivity contribution < 1.29 is 25.2 Å². The molecule has 0 aromatic rings. The van der Waals surface area contributed by atoms with Crippen LogP contribution in [0.4, 0.5) is 0 Å². The Balaban J connectivity index is 2.73. The van der Waals surface area contributed by atoms with Gasteiger partial charge in [0.15, 0.2) is 0 Å². The first-order chi connectivity index (χ1) is 6.11. The molecule has 0 bridgehead atoms. The molecule has 1 saturated heterocycles. The highest BCUT2D eigenvalue weighted by Crippen LogP contribution is 2.20. The summed E-state index contributed by atoms with van der Waals surface area (Å²) in [5.74, 6) is 2.11. The van der Waals surface area contributed by atoms with Crippen LogP contribution in [0.3, 0.4) is 0 Å². The van der Waals surface area contributed by atoms with E-state index in [0.717, 1.165) is 0 Å². The zero-order valence-electron chi connectivity index (χ0n) is 6.87. The van der Waals surface area contributed by atoms with Crippen molar-refractivity contribution >= 4 is 0 Å². The summed E-state index contributed by atoms with van der Waals surface area (Å²) in [7, 11) is 0. The number of rotatable bonds is 1. The van der Waals surface area contributed by atoms with Crippen LogP contribution in [0.1, 0.15) is 0 Å². The van der Waals surface area contributed by atoms with E-state index in [4.69, 9.17) is 16.3 Å². The van der Waals surface area contributed by atoms with Gasteiger partial charge in [-0.2, -0.15) is 0 Å². The zero-order valence-corrected chi connectivity index (χ0v) is 6.87. The number of hydrogen-bond acceptors (Lipinski definition) is 5. The van der Waals surface area contributed by atoms with Crippen molar-refractivity contribution in [1.82, 2.24) is 0 Å². The summed E-state index contributed by atoms with van der Waals surface area (Å²) in [6, 6.07) is 0. The fourth-order valence-electron chi connectivity index (χ4n) is 1.24. The van der Waals surface area contributed by atoms with Gasteiger partial charge in [0.25, 0.3) is 0 Å². The van der Waals surface area contributed by atoms with E-state index in [9.17, 15) is 15.3 Å². The third kappa shape index (κ3) is 1.82. The van der Waals surface area contributed by atoms with Gasteiger partial charge in [0.2, 0.25) is 0 Å². The molecule has 0 spiro atoms. The summed E-state index contributed by atoms with van der Waals surface area (Å²) in [6.45, 7) is -0.455. The van der Waals surface area contributed by atoms with Gasteiger partial charge in [-0.25, -0.2) is 0 Å². The fourth-order valence-corrected chi connectivity index (χ4v) is 1.24. The lowest BCUT2D eigenvalue weighted by Gasteiger charge is -2.37. The quantitative estimate of drug-likeness (QED) is 0.340. The van der Waals surface area contributed by atoms with E-state index < -0.39 is 37.1 Å². The summed E-state index contributed by atoms with van der Waals surface area (Å²) in [5, 5.41) is 36.5. The van der Waals surface area contributed by atoms with Crippen LogP contribution < -0.4 is 0 Å². The normalized spacial score (nSPS) is 45.6. The molecule has 74 valence electrons. The lowest BCUT2D eigenvalue weighted by atomic mass is 9.96. The molecule has 1 aliphatic rings. The van der Waals surface area contributed by atoms with Crippen LogP contribution in [-0.4, -0.2) is 57.6 Å². The van der Waals surface area contributed by atoms with Crippen molar-refractivity contribution in [1.29, 1.82) is 0 Å². The predicted molar refractivity (Wildman–Crippen MR) is 42.6 cm³/mol. The molecule has 0 aromatic carbocycles. The SMILES string of the molecule is C#CC1OC(CO)[C@@H](O)C(O)[C@@H]1O. The average Bonchev–Trinajstić information content (AvgIpc) is 2.15. The lowest BCUT2D eigenvalue weighted by molar-refractivity contribution is -0.214. The van der Waals surface area contributed by atoms with Gasteiger partial charge in [-0.3, -0.25) is 0 Å². The van der Waals surface area contributed by atoms with Crippen LogP contribution in [-0.2, 0) is 4.74 Å². The maximum absolute atomic E-state index is 9.26. The predicted octanol–water partition coefficient (Wildman–Crippen LogP) is -2.54. The molecule has 13 heavy (non-hydrogen) atoms. The van der Waals surface area contributed by atoms with Gasteiger partial charge >= 0.3 is 0 Å². The summed E-state index contributed by atoms with van der Waals surface area (Å²) < 4.78 is 4.93. The van der Waals surface area contributed by atoms with E-state index in [-0.39, 0.29) is 0 Å². The molecule has 0 aromatic heterocycles. The maximum atomic E-state index is 9.26. The molecule has 3 unspecified atom stereocenters. The van der Waals surface area contributed by atoms with Crippen molar-refractivity contribution in [2.75, 3.05) is 6.61 Å². The molecule has 5 heteroatoms. The first-order valence-corrected chi connectivity index (χ1v) is 3.88. The molecule has 1 fully saturated rings. The number of hydrogen-bond donors (Lipinski definition) is 4. The molecule has 5 nitrogen and oxygen atoms in total. The van der Waals surface area contributed by atoms with Crippen molar-refractivity contribution in [2.24, 2.45) is 0 Å². The van der Waals surface area contributed by atoms with Crippen molar-refractivity contribution in [2.45, 2.75) is 30.5 Å². The van der Waals surface area contributed by atoms with Crippen LogP contribution >= 0.6 is 0 Å². The molecule has 4 N–H and O–H groups in total. The van der Waals surface area contributed by atoms with Gasteiger partial charge in [0.05, 0.1) is 6.61 Å². The minimum absolute atomic E-state index is 0.455. The fraction of sp³-hybridized carbons (Fsp3) is 0.750.